The first-order valence-corrected chi connectivity index (χ1v) is 5.84. The lowest BCUT2D eigenvalue weighted by Gasteiger charge is -2.01. The van der Waals surface area contributed by atoms with E-state index in [1.165, 1.54) is 4.68 Å². The maximum Gasteiger partial charge on any atom is 0.275 e. The number of H-pyrrole nitrogens is 1. The van der Waals surface area contributed by atoms with Crippen LogP contribution in [0.3, 0.4) is 0 Å². The van der Waals surface area contributed by atoms with Crippen molar-refractivity contribution in [2.75, 3.05) is 0 Å². The summed E-state index contributed by atoms with van der Waals surface area (Å²) in [4.78, 5) is 12.1. The van der Waals surface area contributed by atoms with Crippen LogP contribution >= 0.6 is 11.6 Å². The molecule has 1 aromatic heterocycles. The van der Waals surface area contributed by atoms with Gasteiger partial charge in [0.05, 0.1) is 11.3 Å². The van der Waals surface area contributed by atoms with E-state index < -0.39 is 0 Å². The first kappa shape index (κ1) is 12.0. The minimum Gasteiger partial charge on any atom is -0.326 e. The molecule has 0 radical (unpaired) electrons. The van der Waals surface area contributed by atoms with Crippen LogP contribution in [0.2, 0.25) is 5.02 Å². The van der Waals surface area contributed by atoms with E-state index >= 15 is 0 Å². The van der Waals surface area contributed by atoms with Gasteiger partial charge in [0.15, 0.2) is 0 Å². The third-order valence-corrected chi connectivity index (χ3v) is 2.93. The summed E-state index contributed by atoms with van der Waals surface area (Å²) < 4.78 is 1.48. The van der Waals surface area contributed by atoms with Gasteiger partial charge in [0.1, 0.15) is 0 Å². The molecule has 0 saturated heterocycles. The standard InChI is InChI=1S/C12H14ClN3O/c1-2-11-10(7-14)12(17)16(15-11)9-5-3-4-8(13)6-9/h3-6,15H,2,7,14H2,1H3. The summed E-state index contributed by atoms with van der Waals surface area (Å²) in [6.45, 7) is 2.22. The normalized spacial score (nSPS) is 10.8. The summed E-state index contributed by atoms with van der Waals surface area (Å²) in [5.74, 6) is 0. The maximum absolute atomic E-state index is 12.1. The Morgan fingerprint density at radius 1 is 1.47 bits per heavy atom. The predicted octanol–water partition coefficient (Wildman–Crippen LogP) is 1.84. The molecule has 0 saturated carbocycles. The number of aryl methyl sites for hydroxylation is 1. The molecule has 1 aromatic carbocycles. The van der Waals surface area contributed by atoms with Gasteiger partial charge in [-0.2, -0.15) is 0 Å². The zero-order chi connectivity index (χ0) is 12.4. The Hall–Kier alpha value is -1.52. The van der Waals surface area contributed by atoms with E-state index in [-0.39, 0.29) is 12.1 Å². The second-order valence-corrected chi connectivity index (χ2v) is 4.18. The second-order valence-electron chi connectivity index (χ2n) is 3.75. The lowest BCUT2D eigenvalue weighted by molar-refractivity contribution is 0.819. The van der Waals surface area contributed by atoms with Crippen LogP contribution in [0, 0.1) is 0 Å². The summed E-state index contributed by atoms with van der Waals surface area (Å²) in [5.41, 5.74) is 7.71. The third kappa shape index (κ3) is 2.14. The molecule has 0 fully saturated rings. The number of nitrogens with one attached hydrogen (secondary N) is 1. The molecule has 4 nitrogen and oxygen atoms in total. The van der Waals surface area contributed by atoms with Crippen molar-refractivity contribution in [3.05, 3.63) is 50.9 Å². The minimum atomic E-state index is -0.105. The van der Waals surface area contributed by atoms with Gasteiger partial charge in [-0.1, -0.05) is 24.6 Å². The van der Waals surface area contributed by atoms with Crippen molar-refractivity contribution in [2.24, 2.45) is 5.73 Å². The van der Waals surface area contributed by atoms with E-state index in [1.54, 1.807) is 18.2 Å². The van der Waals surface area contributed by atoms with E-state index in [9.17, 15) is 4.79 Å². The Morgan fingerprint density at radius 3 is 2.76 bits per heavy atom. The molecule has 3 N–H and O–H groups in total. The summed E-state index contributed by atoms with van der Waals surface area (Å²) in [6, 6.07) is 7.13. The van der Waals surface area contributed by atoms with E-state index in [1.807, 2.05) is 13.0 Å². The first-order chi connectivity index (χ1) is 8.17. The average molecular weight is 252 g/mol. The number of nitrogens with two attached hydrogens (primary N) is 1. The van der Waals surface area contributed by atoms with Gasteiger partial charge in [0, 0.05) is 17.3 Å². The SMILES string of the molecule is CCc1[nH]n(-c2cccc(Cl)c2)c(=O)c1CN. The molecule has 0 atom stereocenters. The van der Waals surface area contributed by atoms with Crippen LogP contribution in [-0.4, -0.2) is 9.78 Å². The van der Waals surface area contributed by atoms with E-state index in [2.05, 4.69) is 5.10 Å². The minimum absolute atomic E-state index is 0.105. The fourth-order valence-corrected chi connectivity index (χ4v) is 2.00. The molecule has 17 heavy (non-hydrogen) atoms. The van der Waals surface area contributed by atoms with Crippen LogP contribution in [0.25, 0.3) is 5.69 Å². The van der Waals surface area contributed by atoms with Crippen molar-refractivity contribution in [3.63, 3.8) is 0 Å². The number of benzene rings is 1. The summed E-state index contributed by atoms with van der Waals surface area (Å²) in [7, 11) is 0. The van der Waals surface area contributed by atoms with Gasteiger partial charge in [-0.05, 0) is 24.6 Å². The van der Waals surface area contributed by atoms with Crippen LogP contribution < -0.4 is 11.3 Å². The quantitative estimate of drug-likeness (QED) is 0.874. The molecule has 0 aliphatic rings. The number of aromatic nitrogens is 2. The zero-order valence-corrected chi connectivity index (χ0v) is 10.3. The monoisotopic (exact) mass is 251 g/mol. The Balaban J connectivity index is 2.61. The van der Waals surface area contributed by atoms with Gasteiger partial charge in [-0.25, -0.2) is 4.68 Å². The highest BCUT2D eigenvalue weighted by Gasteiger charge is 2.12. The van der Waals surface area contributed by atoms with Crippen molar-refractivity contribution in [2.45, 2.75) is 19.9 Å². The third-order valence-electron chi connectivity index (χ3n) is 2.70. The van der Waals surface area contributed by atoms with Gasteiger partial charge >= 0.3 is 0 Å². The van der Waals surface area contributed by atoms with E-state index in [0.717, 1.165) is 17.8 Å². The lowest BCUT2D eigenvalue weighted by atomic mass is 10.2. The fraction of sp³-hybridized carbons (Fsp3) is 0.250. The van der Waals surface area contributed by atoms with Gasteiger partial charge < -0.3 is 5.73 Å². The van der Waals surface area contributed by atoms with Crippen LogP contribution in [0.4, 0.5) is 0 Å². The molecule has 2 rings (SSSR count). The van der Waals surface area contributed by atoms with Gasteiger partial charge in [0.25, 0.3) is 5.56 Å². The Bertz CT molecular complexity index is 586. The number of halogens is 1. The largest absolute Gasteiger partial charge is 0.326 e. The molecule has 90 valence electrons. The van der Waals surface area contributed by atoms with Crippen molar-refractivity contribution in [1.29, 1.82) is 0 Å². The number of hydrogen-bond acceptors (Lipinski definition) is 2. The molecule has 2 aromatic rings. The van der Waals surface area contributed by atoms with Gasteiger partial charge in [-0.15, -0.1) is 0 Å². The summed E-state index contributed by atoms with van der Waals surface area (Å²) in [6.07, 6.45) is 0.745. The summed E-state index contributed by atoms with van der Waals surface area (Å²) >= 11 is 5.91. The van der Waals surface area contributed by atoms with E-state index in [0.29, 0.717) is 10.6 Å². The topological polar surface area (TPSA) is 63.8 Å². The number of rotatable bonds is 3. The van der Waals surface area contributed by atoms with Crippen LogP contribution in [0.1, 0.15) is 18.2 Å². The van der Waals surface area contributed by atoms with Crippen LogP contribution in [0.5, 0.6) is 0 Å². The van der Waals surface area contributed by atoms with Crippen LogP contribution in [-0.2, 0) is 13.0 Å². The smallest absolute Gasteiger partial charge is 0.275 e. The molecule has 0 aliphatic heterocycles. The molecule has 1 heterocycles. The second kappa shape index (κ2) is 4.77. The Labute approximate surface area is 104 Å². The van der Waals surface area contributed by atoms with Gasteiger partial charge in [0.2, 0.25) is 0 Å². The molecular formula is C12H14ClN3O. The molecule has 0 amide bonds. The predicted molar refractivity (Wildman–Crippen MR) is 68.7 cm³/mol. The van der Waals surface area contributed by atoms with Crippen molar-refractivity contribution < 1.29 is 0 Å². The highest BCUT2D eigenvalue weighted by atomic mass is 35.5. The fourth-order valence-electron chi connectivity index (χ4n) is 1.82. The highest BCUT2D eigenvalue weighted by Crippen LogP contribution is 2.14. The highest BCUT2D eigenvalue weighted by molar-refractivity contribution is 6.30. The summed E-state index contributed by atoms with van der Waals surface area (Å²) in [5, 5.41) is 3.65. The molecular weight excluding hydrogens is 238 g/mol. The van der Waals surface area contributed by atoms with Crippen LogP contribution in [0.15, 0.2) is 29.1 Å². The number of hydrogen-bond donors (Lipinski definition) is 2. The molecule has 5 heteroatoms. The zero-order valence-electron chi connectivity index (χ0n) is 9.53. The molecule has 0 aliphatic carbocycles. The molecule has 0 unspecified atom stereocenters. The number of nitrogens with zero attached hydrogens (tertiary/aromatic N) is 1. The Morgan fingerprint density at radius 2 is 2.24 bits per heavy atom. The molecule has 0 spiro atoms. The van der Waals surface area contributed by atoms with Crippen molar-refractivity contribution in [3.8, 4) is 5.69 Å². The Kier molecular flexibility index (Phi) is 3.36. The van der Waals surface area contributed by atoms with Gasteiger partial charge in [-0.3, -0.25) is 9.89 Å². The van der Waals surface area contributed by atoms with Crippen molar-refractivity contribution >= 4 is 11.6 Å². The lowest BCUT2D eigenvalue weighted by Crippen LogP contribution is -2.19. The maximum atomic E-state index is 12.1. The van der Waals surface area contributed by atoms with E-state index in [4.69, 9.17) is 17.3 Å². The van der Waals surface area contributed by atoms with Crippen molar-refractivity contribution in [1.82, 2.24) is 9.78 Å². The molecule has 0 bridgehead atoms. The first-order valence-electron chi connectivity index (χ1n) is 5.46. The average Bonchev–Trinajstić information content (AvgIpc) is 2.65. The number of aromatic amines is 1.